The van der Waals surface area contributed by atoms with Crippen molar-refractivity contribution in [1.82, 2.24) is 9.97 Å². The number of nitrogens with one attached hydrogen (secondary N) is 1. The van der Waals surface area contributed by atoms with E-state index in [2.05, 4.69) is 30.0 Å². The van der Waals surface area contributed by atoms with Gasteiger partial charge < -0.3 is 4.90 Å². The van der Waals surface area contributed by atoms with Gasteiger partial charge in [0.05, 0.1) is 0 Å². The molecule has 4 nitrogen and oxygen atoms in total. The number of rotatable bonds is 8. The molecule has 0 saturated carbocycles. The van der Waals surface area contributed by atoms with Crippen molar-refractivity contribution in [2.75, 3.05) is 18.0 Å². The molecule has 0 aromatic carbocycles. The van der Waals surface area contributed by atoms with Crippen molar-refractivity contribution >= 4 is 5.95 Å². The molecular formula is C15H23N3O. The largest absolute Gasteiger partial charge is 0.335 e. The van der Waals surface area contributed by atoms with Crippen molar-refractivity contribution in [1.29, 1.82) is 0 Å². The molecule has 4 heteroatoms. The fourth-order valence-corrected chi connectivity index (χ4v) is 1.95. The number of aromatic nitrogens is 2. The van der Waals surface area contributed by atoms with Gasteiger partial charge in [-0.2, -0.15) is 0 Å². The third-order valence-electron chi connectivity index (χ3n) is 2.99. The molecule has 0 spiro atoms. The van der Waals surface area contributed by atoms with E-state index in [1.807, 2.05) is 11.8 Å². The number of H-pyrrole nitrogens is 1. The molecule has 0 atom stereocenters. The van der Waals surface area contributed by atoms with E-state index < -0.39 is 0 Å². The van der Waals surface area contributed by atoms with Crippen LogP contribution in [-0.2, 0) is 6.42 Å². The lowest BCUT2D eigenvalue weighted by atomic mass is 10.1. The van der Waals surface area contributed by atoms with E-state index in [4.69, 9.17) is 0 Å². The van der Waals surface area contributed by atoms with E-state index in [1.54, 1.807) is 12.2 Å². The lowest BCUT2D eigenvalue weighted by Crippen LogP contribution is -2.29. The van der Waals surface area contributed by atoms with Crippen LogP contribution in [0.25, 0.3) is 0 Å². The summed E-state index contributed by atoms with van der Waals surface area (Å²) in [5.74, 6) is 0.586. The first kappa shape index (κ1) is 15.2. The smallest absolute Gasteiger partial charge is 0.255 e. The Morgan fingerprint density at radius 2 is 1.95 bits per heavy atom. The van der Waals surface area contributed by atoms with Crippen LogP contribution in [0.15, 0.2) is 30.1 Å². The van der Waals surface area contributed by atoms with Crippen molar-refractivity contribution in [2.24, 2.45) is 0 Å². The zero-order chi connectivity index (χ0) is 14.3. The van der Waals surface area contributed by atoms with E-state index >= 15 is 0 Å². The first-order chi connectivity index (χ1) is 9.13. The SMILES string of the molecule is C=CCN(CC=C)c1nc(C)c(CCCC)c(=O)[nH]1. The maximum atomic E-state index is 12.1. The number of anilines is 1. The van der Waals surface area contributed by atoms with Gasteiger partial charge in [0, 0.05) is 24.3 Å². The minimum absolute atomic E-state index is 0.0333. The van der Waals surface area contributed by atoms with Crippen molar-refractivity contribution < 1.29 is 0 Å². The Labute approximate surface area is 114 Å². The topological polar surface area (TPSA) is 49.0 Å². The van der Waals surface area contributed by atoms with Gasteiger partial charge in [-0.1, -0.05) is 25.5 Å². The predicted molar refractivity (Wildman–Crippen MR) is 80.8 cm³/mol. The Hall–Kier alpha value is -1.84. The van der Waals surface area contributed by atoms with Gasteiger partial charge >= 0.3 is 0 Å². The molecule has 1 aromatic rings. The summed E-state index contributed by atoms with van der Waals surface area (Å²) < 4.78 is 0. The summed E-state index contributed by atoms with van der Waals surface area (Å²) in [6.07, 6.45) is 6.43. The molecule has 1 N–H and O–H groups in total. The van der Waals surface area contributed by atoms with E-state index in [0.717, 1.165) is 30.5 Å². The number of aromatic amines is 1. The zero-order valence-corrected chi connectivity index (χ0v) is 11.9. The zero-order valence-electron chi connectivity index (χ0n) is 11.9. The quantitative estimate of drug-likeness (QED) is 0.732. The van der Waals surface area contributed by atoms with E-state index in [9.17, 15) is 4.79 Å². The molecule has 1 aromatic heterocycles. The van der Waals surface area contributed by atoms with Crippen LogP contribution >= 0.6 is 0 Å². The van der Waals surface area contributed by atoms with Crippen molar-refractivity contribution in [3.63, 3.8) is 0 Å². The number of hydrogen-bond acceptors (Lipinski definition) is 3. The number of hydrogen-bond donors (Lipinski definition) is 1. The lowest BCUT2D eigenvalue weighted by molar-refractivity contribution is 0.767. The molecule has 19 heavy (non-hydrogen) atoms. The second kappa shape index (κ2) is 7.56. The Morgan fingerprint density at radius 3 is 2.42 bits per heavy atom. The summed E-state index contributed by atoms with van der Waals surface area (Å²) in [7, 11) is 0. The second-order valence-corrected chi connectivity index (χ2v) is 4.54. The van der Waals surface area contributed by atoms with Gasteiger partial charge in [-0.3, -0.25) is 9.78 Å². The van der Waals surface area contributed by atoms with Gasteiger partial charge in [-0.15, -0.1) is 13.2 Å². The summed E-state index contributed by atoms with van der Waals surface area (Å²) in [5, 5.41) is 0. The monoisotopic (exact) mass is 261 g/mol. The van der Waals surface area contributed by atoms with Crippen molar-refractivity contribution in [3.8, 4) is 0 Å². The molecule has 0 aliphatic heterocycles. The maximum Gasteiger partial charge on any atom is 0.255 e. The minimum atomic E-state index is -0.0333. The van der Waals surface area contributed by atoms with Gasteiger partial charge in [0.15, 0.2) is 0 Å². The predicted octanol–water partition coefficient (Wildman–Crippen LogP) is 2.60. The number of aryl methyl sites for hydroxylation is 1. The highest BCUT2D eigenvalue weighted by atomic mass is 16.1. The van der Waals surface area contributed by atoms with Crippen LogP contribution in [0.5, 0.6) is 0 Å². The summed E-state index contributed by atoms with van der Waals surface area (Å²) in [4.78, 5) is 21.4. The molecule has 1 rings (SSSR count). The number of unbranched alkanes of at least 4 members (excludes halogenated alkanes) is 1. The first-order valence-corrected chi connectivity index (χ1v) is 6.70. The summed E-state index contributed by atoms with van der Waals surface area (Å²) >= 11 is 0. The molecular weight excluding hydrogens is 238 g/mol. The lowest BCUT2D eigenvalue weighted by Gasteiger charge is -2.20. The molecule has 0 saturated heterocycles. The van der Waals surface area contributed by atoms with Crippen LogP contribution in [0, 0.1) is 6.92 Å². The number of nitrogens with zero attached hydrogens (tertiary/aromatic N) is 2. The third-order valence-corrected chi connectivity index (χ3v) is 2.99. The van der Waals surface area contributed by atoms with Crippen LogP contribution in [0.4, 0.5) is 5.95 Å². The second-order valence-electron chi connectivity index (χ2n) is 4.54. The fourth-order valence-electron chi connectivity index (χ4n) is 1.95. The molecule has 0 aliphatic carbocycles. The normalized spacial score (nSPS) is 10.2. The molecule has 0 aliphatic rings. The average molecular weight is 261 g/mol. The molecule has 0 bridgehead atoms. The third kappa shape index (κ3) is 4.09. The molecule has 0 fully saturated rings. The summed E-state index contributed by atoms with van der Waals surface area (Å²) in [6, 6.07) is 0. The van der Waals surface area contributed by atoms with Gasteiger partial charge in [-0.05, 0) is 19.8 Å². The Kier molecular flexibility index (Phi) is 6.06. The Balaban J connectivity index is 3.07. The van der Waals surface area contributed by atoms with Crippen LogP contribution in [0.2, 0.25) is 0 Å². The van der Waals surface area contributed by atoms with Crippen molar-refractivity contribution in [2.45, 2.75) is 33.1 Å². The van der Waals surface area contributed by atoms with Crippen molar-refractivity contribution in [3.05, 3.63) is 46.9 Å². The average Bonchev–Trinajstić information content (AvgIpc) is 2.37. The molecule has 104 valence electrons. The van der Waals surface area contributed by atoms with E-state index in [-0.39, 0.29) is 5.56 Å². The van der Waals surface area contributed by atoms with Crippen LogP contribution in [0.3, 0.4) is 0 Å². The summed E-state index contributed by atoms with van der Waals surface area (Å²) in [5.41, 5.74) is 1.57. The highest BCUT2D eigenvalue weighted by molar-refractivity contribution is 5.34. The molecule has 0 radical (unpaired) electrons. The Bertz CT molecular complexity index is 481. The molecule has 0 unspecified atom stereocenters. The van der Waals surface area contributed by atoms with Gasteiger partial charge in [0.1, 0.15) is 0 Å². The molecule has 1 heterocycles. The van der Waals surface area contributed by atoms with Gasteiger partial charge in [0.2, 0.25) is 5.95 Å². The van der Waals surface area contributed by atoms with E-state index in [0.29, 0.717) is 19.0 Å². The fraction of sp³-hybridized carbons (Fsp3) is 0.467. The van der Waals surface area contributed by atoms with Gasteiger partial charge in [-0.25, -0.2) is 4.98 Å². The summed E-state index contributed by atoms with van der Waals surface area (Å²) in [6.45, 7) is 12.7. The molecule has 0 amide bonds. The Morgan fingerprint density at radius 1 is 1.32 bits per heavy atom. The van der Waals surface area contributed by atoms with Crippen LogP contribution < -0.4 is 10.5 Å². The van der Waals surface area contributed by atoms with Crippen LogP contribution in [-0.4, -0.2) is 23.1 Å². The standard InChI is InChI=1S/C15H23N3O/c1-5-8-9-13-12(4)16-15(17-14(13)19)18(10-6-2)11-7-3/h6-7H,2-3,5,8-11H2,1,4H3,(H,16,17,19). The first-order valence-electron chi connectivity index (χ1n) is 6.70. The minimum Gasteiger partial charge on any atom is -0.335 e. The van der Waals surface area contributed by atoms with Gasteiger partial charge in [0.25, 0.3) is 5.56 Å². The van der Waals surface area contributed by atoms with E-state index in [1.165, 1.54) is 0 Å². The highest BCUT2D eigenvalue weighted by Crippen LogP contribution is 2.10. The maximum absolute atomic E-state index is 12.1. The van der Waals surface area contributed by atoms with Crippen LogP contribution in [0.1, 0.15) is 31.0 Å². The highest BCUT2D eigenvalue weighted by Gasteiger charge is 2.11.